The van der Waals surface area contributed by atoms with Crippen LogP contribution in [-0.4, -0.2) is 20.0 Å². The molecule has 0 aliphatic rings. The Hall–Kier alpha value is -2.29. The van der Waals surface area contributed by atoms with Crippen LogP contribution in [0.1, 0.15) is 24.0 Å². The fourth-order valence-corrected chi connectivity index (χ4v) is 2.39. The van der Waals surface area contributed by atoms with E-state index in [9.17, 15) is 4.79 Å². The van der Waals surface area contributed by atoms with E-state index >= 15 is 0 Å². The highest BCUT2D eigenvalue weighted by molar-refractivity contribution is 5.65. The standard InChI is InChI=1S/C18H20O3/c1-3-21-16-8-6-7-14(12-16)11-15(13-19)17-9-4-5-10-18(17)20-2/h4-10,12-13,15H,3,11H2,1-2H3. The van der Waals surface area contributed by atoms with Crippen molar-refractivity contribution in [3.8, 4) is 11.5 Å². The molecule has 0 aliphatic heterocycles. The molecule has 0 amide bonds. The summed E-state index contributed by atoms with van der Waals surface area (Å²) in [5.41, 5.74) is 1.99. The summed E-state index contributed by atoms with van der Waals surface area (Å²) in [6, 6.07) is 15.5. The molecule has 3 nitrogen and oxygen atoms in total. The van der Waals surface area contributed by atoms with Crippen molar-refractivity contribution in [1.29, 1.82) is 0 Å². The zero-order chi connectivity index (χ0) is 15.1. The van der Waals surface area contributed by atoms with Crippen molar-refractivity contribution in [2.75, 3.05) is 13.7 Å². The highest BCUT2D eigenvalue weighted by atomic mass is 16.5. The summed E-state index contributed by atoms with van der Waals surface area (Å²) in [5.74, 6) is 1.35. The van der Waals surface area contributed by atoms with Crippen LogP contribution >= 0.6 is 0 Å². The molecule has 2 aromatic rings. The van der Waals surface area contributed by atoms with Gasteiger partial charge in [-0.05, 0) is 37.1 Å². The minimum atomic E-state index is -0.224. The second kappa shape index (κ2) is 7.48. The number of aldehydes is 1. The normalized spacial score (nSPS) is 11.7. The Morgan fingerprint density at radius 1 is 1.14 bits per heavy atom. The van der Waals surface area contributed by atoms with E-state index < -0.39 is 0 Å². The van der Waals surface area contributed by atoms with E-state index in [1.165, 1.54) is 0 Å². The second-order valence-electron chi connectivity index (χ2n) is 4.77. The summed E-state index contributed by atoms with van der Waals surface area (Å²) in [6.45, 7) is 2.59. The Bertz CT molecular complexity index is 593. The molecule has 2 aromatic carbocycles. The van der Waals surface area contributed by atoms with Crippen molar-refractivity contribution in [2.24, 2.45) is 0 Å². The first kappa shape index (κ1) is 15.1. The van der Waals surface area contributed by atoms with Crippen LogP contribution in [-0.2, 0) is 11.2 Å². The minimum Gasteiger partial charge on any atom is -0.496 e. The Morgan fingerprint density at radius 3 is 2.67 bits per heavy atom. The van der Waals surface area contributed by atoms with Crippen molar-refractivity contribution in [3.63, 3.8) is 0 Å². The van der Waals surface area contributed by atoms with Crippen LogP contribution < -0.4 is 9.47 Å². The van der Waals surface area contributed by atoms with Gasteiger partial charge in [0, 0.05) is 11.5 Å². The molecular formula is C18H20O3. The van der Waals surface area contributed by atoms with Gasteiger partial charge in [0.25, 0.3) is 0 Å². The SMILES string of the molecule is CCOc1cccc(CC(C=O)c2ccccc2OC)c1. The molecule has 0 bridgehead atoms. The molecule has 0 saturated heterocycles. The van der Waals surface area contributed by atoms with Crippen molar-refractivity contribution in [3.05, 3.63) is 59.7 Å². The van der Waals surface area contributed by atoms with Gasteiger partial charge in [0.15, 0.2) is 0 Å². The lowest BCUT2D eigenvalue weighted by Gasteiger charge is -2.15. The molecule has 3 heteroatoms. The van der Waals surface area contributed by atoms with E-state index in [2.05, 4.69) is 0 Å². The summed E-state index contributed by atoms with van der Waals surface area (Å²) >= 11 is 0. The quantitative estimate of drug-likeness (QED) is 0.728. The highest BCUT2D eigenvalue weighted by Gasteiger charge is 2.16. The number of hydrogen-bond acceptors (Lipinski definition) is 3. The Morgan fingerprint density at radius 2 is 1.95 bits per heavy atom. The average Bonchev–Trinajstić information content (AvgIpc) is 2.53. The van der Waals surface area contributed by atoms with Gasteiger partial charge in [0.05, 0.1) is 13.7 Å². The number of methoxy groups -OCH3 is 1. The van der Waals surface area contributed by atoms with Gasteiger partial charge < -0.3 is 14.3 Å². The van der Waals surface area contributed by atoms with Crippen molar-refractivity contribution in [2.45, 2.75) is 19.3 Å². The van der Waals surface area contributed by atoms with Gasteiger partial charge in [0.2, 0.25) is 0 Å². The van der Waals surface area contributed by atoms with E-state index in [0.29, 0.717) is 13.0 Å². The molecule has 0 spiro atoms. The maximum absolute atomic E-state index is 11.5. The molecule has 0 aromatic heterocycles. The summed E-state index contributed by atoms with van der Waals surface area (Å²) in [6.07, 6.45) is 1.61. The van der Waals surface area contributed by atoms with Gasteiger partial charge in [-0.25, -0.2) is 0 Å². The van der Waals surface area contributed by atoms with E-state index in [1.54, 1.807) is 7.11 Å². The van der Waals surface area contributed by atoms with Crippen LogP contribution in [0, 0.1) is 0 Å². The highest BCUT2D eigenvalue weighted by Crippen LogP contribution is 2.28. The number of hydrogen-bond donors (Lipinski definition) is 0. The third kappa shape index (κ3) is 3.85. The zero-order valence-corrected chi connectivity index (χ0v) is 12.4. The lowest BCUT2D eigenvalue weighted by atomic mass is 9.92. The first-order valence-electron chi connectivity index (χ1n) is 7.08. The monoisotopic (exact) mass is 284 g/mol. The molecule has 0 aliphatic carbocycles. The molecule has 21 heavy (non-hydrogen) atoms. The third-order valence-electron chi connectivity index (χ3n) is 3.37. The summed E-state index contributed by atoms with van der Waals surface area (Å²) in [5, 5.41) is 0. The predicted molar refractivity (Wildman–Crippen MR) is 83.1 cm³/mol. The predicted octanol–water partition coefficient (Wildman–Crippen LogP) is 3.62. The second-order valence-corrected chi connectivity index (χ2v) is 4.77. The van der Waals surface area contributed by atoms with Gasteiger partial charge in [-0.2, -0.15) is 0 Å². The van der Waals surface area contributed by atoms with Gasteiger partial charge in [-0.15, -0.1) is 0 Å². The van der Waals surface area contributed by atoms with Crippen molar-refractivity contribution in [1.82, 2.24) is 0 Å². The third-order valence-corrected chi connectivity index (χ3v) is 3.37. The first-order valence-corrected chi connectivity index (χ1v) is 7.08. The fourth-order valence-electron chi connectivity index (χ4n) is 2.39. The van der Waals surface area contributed by atoms with Crippen LogP contribution in [0.25, 0.3) is 0 Å². The van der Waals surface area contributed by atoms with Crippen LogP contribution in [0.2, 0.25) is 0 Å². The molecule has 0 N–H and O–H groups in total. The number of carbonyl (C=O) groups is 1. The molecule has 0 radical (unpaired) electrons. The lowest BCUT2D eigenvalue weighted by molar-refractivity contribution is -0.109. The van der Waals surface area contributed by atoms with E-state index in [4.69, 9.17) is 9.47 Å². The topological polar surface area (TPSA) is 35.5 Å². The minimum absolute atomic E-state index is 0.224. The van der Waals surface area contributed by atoms with Gasteiger partial charge in [0.1, 0.15) is 17.8 Å². The maximum Gasteiger partial charge on any atom is 0.127 e. The molecule has 0 fully saturated rings. The van der Waals surface area contributed by atoms with E-state index in [0.717, 1.165) is 28.9 Å². The van der Waals surface area contributed by atoms with Gasteiger partial charge in [-0.1, -0.05) is 30.3 Å². The zero-order valence-electron chi connectivity index (χ0n) is 12.4. The van der Waals surface area contributed by atoms with E-state index in [1.807, 2.05) is 55.5 Å². The van der Waals surface area contributed by atoms with Gasteiger partial charge >= 0.3 is 0 Å². The molecule has 110 valence electrons. The van der Waals surface area contributed by atoms with Crippen molar-refractivity contribution >= 4 is 6.29 Å². The molecule has 0 heterocycles. The number of carbonyl (C=O) groups excluding carboxylic acids is 1. The largest absolute Gasteiger partial charge is 0.496 e. The molecule has 1 atom stereocenters. The molecule has 0 saturated carbocycles. The number of para-hydroxylation sites is 1. The average molecular weight is 284 g/mol. The number of rotatable bonds is 7. The first-order chi connectivity index (χ1) is 10.3. The molecule has 2 rings (SSSR count). The smallest absolute Gasteiger partial charge is 0.127 e. The fraction of sp³-hybridized carbons (Fsp3) is 0.278. The van der Waals surface area contributed by atoms with Crippen LogP contribution in [0.15, 0.2) is 48.5 Å². The Labute approximate surface area is 125 Å². The van der Waals surface area contributed by atoms with Crippen LogP contribution in [0.3, 0.4) is 0 Å². The molecule has 1 unspecified atom stereocenters. The van der Waals surface area contributed by atoms with Crippen LogP contribution in [0.4, 0.5) is 0 Å². The molecular weight excluding hydrogens is 264 g/mol. The number of benzene rings is 2. The summed E-state index contributed by atoms with van der Waals surface area (Å²) < 4.78 is 10.8. The lowest BCUT2D eigenvalue weighted by Crippen LogP contribution is -2.06. The Kier molecular flexibility index (Phi) is 5.38. The Balaban J connectivity index is 2.23. The van der Waals surface area contributed by atoms with E-state index in [-0.39, 0.29) is 5.92 Å². The number of ether oxygens (including phenoxy) is 2. The van der Waals surface area contributed by atoms with Crippen LogP contribution in [0.5, 0.6) is 11.5 Å². The summed E-state index contributed by atoms with van der Waals surface area (Å²) in [4.78, 5) is 11.5. The maximum atomic E-state index is 11.5. The summed E-state index contributed by atoms with van der Waals surface area (Å²) in [7, 11) is 1.62. The van der Waals surface area contributed by atoms with Gasteiger partial charge in [-0.3, -0.25) is 0 Å². The van der Waals surface area contributed by atoms with Crippen molar-refractivity contribution < 1.29 is 14.3 Å².